The second-order valence-electron chi connectivity index (χ2n) is 5.62. The zero-order valence-electron chi connectivity index (χ0n) is 13.5. The van der Waals surface area contributed by atoms with Crippen LogP contribution in [0.2, 0.25) is 0 Å². The summed E-state index contributed by atoms with van der Waals surface area (Å²) in [5.74, 6) is -0.202. The van der Waals surface area contributed by atoms with Crippen molar-refractivity contribution in [2.75, 3.05) is 24.5 Å². The fourth-order valence-corrected chi connectivity index (χ4v) is 3.56. The molecule has 0 radical (unpaired) electrons. The van der Waals surface area contributed by atoms with Crippen LogP contribution in [0.5, 0.6) is 0 Å². The lowest BCUT2D eigenvalue weighted by Crippen LogP contribution is -2.47. The van der Waals surface area contributed by atoms with E-state index in [9.17, 15) is 9.59 Å². The van der Waals surface area contributed by atoms with E-state index >= 15 is 0 Å². The molecule has 0 aliphatic carbocycles. The summed E-state index contributed by atoms with van der Waals surface area (Å²) in [6.07, 6.45) is 2.43. The summed E-state index contributed by atoms with van der Waals surface area (Å²) in [6, 6.07) is 7.56. The highest BCUT2D eigenvalue weighted by atomic mass is 32.1. The number of anilines is 1. The normalized spacial score (nSPS) is 15.7. The monoisotopic (exact) mass is 344 g/mol. The minimum Gasteiger partial charge on any atom is -0.360 e. The quantitative estimate of drug-likeness (QED) is 0.869. The van der Waals surface area contributed by atoms with Gasteiger partial charge in [-0.25, -0.2) is 0 Å². The maximum absolute atomic E-state index is 12.5. The van der Waals surface area contributed by atoms with E-state index in [0.717, 1.165) is 23.5 Å². The van der Waals surface area contributed by atoms with Crippen molar-refractivity contribution in [3.8, 4) is 0 Å². The van der Waals surface area contributed by atoms with E-state index in [1.807, 2.05) is 35.4 Å². The van der Waals surface area contributed by atoms with Crippen molar-refractivity contribution in [2.45, 2.75) is 19.4 Å². The summed E-state index contributed by atoms with van der Waals surface area (Å²) in [7, 11) is 0. The first-order valence-corrected chi connectivity index (χ1v) is 8.87. The van der Waals surface area contributed by atoms with Gasteiger partial charge >= 0.3 is 0 Å². The van der Waals surface area contributed by atoms with Crippen molar-refractivity contribution < 1.29 is 9.59 Å². The number of hydrogen-bond acceptors (Lipinski definition) is 5. The number of carbonyl (C=O) groups excluding carboxylic acids is 2. The molecular weight excluding hydrogens is 324 g/mol. The van der Waals surface area contributed by atoms with E-state index in [-0.39, 0.29) is 17.9 Å². The van der Waals surface area contributed by atoms with Crippen molar-refractivity contribution in [3.63, 3.8) is 0 Å². The summed E-state index contributed by atoms with van der Waals surface area (Å²) < 4.78 is 0. The molecule has 0 spiro atoms. The second-order valence-corrected chi connectivity index (χ2v) is 6.60. The number of thiophene rings is 1. The van der Waals surface area contributed by atoms with Crippen molar-refractivity contribution >= 4 is 28.8 Å². The maximum atomic E-state index is 12.5. The third-order valence-corrected chi connectivity index (χ3v) is 4.97. The van der Waals surface area contributed by atoms with Gasteiger partial charge in [-0.2, -0.15) is 0 Å². The van der Waals surface area contributed by atoms with E-state index < -0.39 is 0 Å². The van der Waals surface area contributed by atoms with Crippen LogP contribution in [0.25, 0.3) is 0 Å². The summed E-state index contributed by atoms with van der Waals surface area (Å²) in [5.41, 5.74) is 1.21. The smallest absolute Gasteiger partial charge is 0.270 e. The summed E-state index contributed by atoms with van der Waals surface area (Å²) in [4.78, 5) is 31.3. The molecule has 1 saturated heterocycles. The molecule has 126 valence electrons. The molecule has 1 aliphatic heterocycles. The molecule has 3 heterocycles. The van der Waals surface area contributed by atoms with Gasteiger partial charge in [0.1, 0.15) is 5.69 Å². The Bertz CT molecular complexity index is 717. The van der Waals surface area contributed by atoms with Crippen LogP contribution < -0.4 is 15.5 Å². The first-order chi connectivity index (χ1) is 11.7. The third-order valence-electron chi connectivity index (χ3n) is 3.98. The van der Waals surface area contributed by atoms with Crippen molar-refractivity contribution in [3.05, 3.63) is 46.4 Å². The Hall–Kier alpha value is -2.41. The van der Waals surface area contributed by atoms with E-state index in [1.54, 1.807) is 23.6 Å². The molecule has 2 aromatic rings. The molecule has 2 amide bonds. The highest BCUT2D eigenvalue weighted by Crippen LogP contribution is 2.22. The van der Waals surface area contributed by atoms with Gasteiger partial charge in [0.25, 0.3) is 5.91 Å². The van der Waals surface area contributed by atoms with Gasteiger partial charge in [-0.05, 0) is 30.0 Å². The third kappa shape index (κ3) is 3.73. The Kier molecular flexibility index (Phi) is 5.10. The predicted molar refractivity (Wildman–Crippen MR) is 94.3 cm³/mol. The van der Waals surface area contributed by atoms with Gasteiger partial charge in [0.15, 0.2) is 0 Å². The van der Waals surface area contributed by atoms with Crippen LogP contribution in [-0.2, 0) is 4.79 Å². The van der Waals surface area contributed by atoms with Crippen LogP contribution in [0.15, 0.2) is 35.8 Å². The molecule has 0 saturated carbocycles. The molecule has 1 aliphatic rings. The van der Waals surface area contributed by atoms with Crippen molar-refractivity contribution in [1.29, 1.82) is 0 Å². The molecule has 2 aromatic heterocycles. The summed E-state index contributed by atoms with van der Waals surface area (Å²) in [6.45, 7) is 3.68. The molecule has 0 bridgehead atoms. The Morgan fingerprint density at radius 2 is 2.38 bits per heavy atom. The first kappa shape index (κ1) is 16.4. The molecule has 3 rings (SSSR count). The fraction of sp³-hybridized carbons (Fsp3) is 0.353. The van der Waals surface area contributed by atoms with Crippen LogP contribution in [0.1, 0.15) is 34.8 Å². The topological polar surface area (TPSA) is 74.3 Å². The average molecular weight is 344 g/mol. The molecule has 0 aromatic carbocycles. The molecule has 24 heavy (non-hydrogen) atoms. The zero-order valence-corrected chi connectivity index (χ0v) is 14.3. The number of nitrogens with one attached hydrogen (secondary N) is 2. The molecular formula is C17H20N4O2S. The number of piperazine rings is 1. The highest BCUT2D eigenvalue weighted by Gasteiger charge is 2.19. The minimum atomic E-state index is -0.196. The molecule has 1 fully saturated rings. The van der Waals surface area contributed by atoms with Gasteiger partial charge in [-0.1, -0.05) is 13.0 Å². The van der Waals surface area contributed by atoms with Crippen molar-refractivity contribution in [1.82, 2.24) is 15.6 Å². The zero-order chi connectivity index (χ0) is 16.9. The molecule has 2 N–H and O–H groups in total. The molecule has 0 unspecified atom stereocenters. The Labute approximate surface area is 144 Å². The van der Waals surface area contributed by atoms with Gasteiger partial charge < -0.3 is 15.5 Å². The SMILES string of the molecule is CC[C@@H](NC(=O)c1cc(N2CCNC(=O)C2)ccn1)c1cccs1. The van der Waals surface area contributed by atoms with E-state index in [0.29, 0.717) is 18.8 Å². The number of amides is 2. The highest BCUT2D eigenvalue weighted by molar-refractivity contribution is 7.10. The van der Waals surface area contributed by atoms with Crippen LogP contribution >= 0.6 is 11.3 Å². The Morgan fingerprint density at radius 3 is 3.08 bits per heavy atom. The minimum absolute atomic E-state index is 0.00666. The number of carbonyl (C=O) groups is 2. The Morgan fingerprint density at radius 1 is 1.50 bits per heavy atom. The van der Waals surface area contributed by atoms with Gasteiger partial charge in [0.2, 0.25) is 5.91 Å². The number of rotatable bonds is 5. The maximum Gasteiger partial charge on any atom is 0.270 e. The summed E-state index contributed by atoms with van der Waals surface area (Å²) >= 11 is 1.63. The van der Waals surface area contributed by atoms with Gasteiger partial charge in [-0.15, -0.1) is 11.3 Å². The lowest BCUT2D eigenvalue weighted by atomic mass is 10.1. The number of nitrogens with zero attached hydrogens (tertiary/aromatic N) is 2. The van der Waals surface area contributed by atoms with Crippen LogP contribution in [0.3, 0.4) is 0 Å². The van der Waals surface area contributed by atoms with Gasteiger partial charge in [0.05, 0.1) is 12.6 Å². The van der Waals surface area contributed by atoms with E-state index in [1.165, 1.54) is 0 Å². The van der Waals surface area contributed by atoms with Crippen molar-refractivity contribution in [2.24, 2.45) is 0 Å². The number of aromatic nitrogens is 1. The standard InChI is InChI=1S/C17H20N4O2S/c1-2-13(15-4-3-9-24-15)20-17(23)14-10-12(5-6-18-14)21-8-7-19-16(22)11-21/h3-6,9-10,13H,2,7-8,11H2,1H3,(H,19,22)(H,20,23)/t13-/m1/s1. The lowest BCUT2D eigenvalue weighted by Gasteiger charge is -2.28. The molecule has 6 nitrogen and oxygen atoms in total. The second kappa shape index (κ2) is 7.44. The van der Waals surface area contributed by atoms with Crippen LogP contribution in [-0.4, -0.2) is 36.4 Å². The van der Waals surface area contributed by atoms with Crippen LogP contribution in [0, 0.1) is 0 Å². The van der Waals surface area contributed by atoms with Crippen LogP contribution in [0.4, 0.5) is 5.69 Å². The van der Waals surface area contributed by atoms with Gasteiger partial charge in [0, 0.05) is 29.9 Å². The molecule has 7 heteroatoms. The van der Waals surface area contributed by atoms with E-state index in [2.05, 4.69) is 15.6 Å². The Balaban J connectivity index is 1.73. The molecule has 1 atom stereocenters. The average Bonchev–Trinajstić information content (AvgIpc) is 3.14. The fourth-order valence-electron chi connectivity index (χ4n) is 2.70. The van der Waals surface area contributed by atoms with E-state index in [4.69, 9.17) is 0 Å². The first-order valence-electron chi connectivity index (χ1n) is 7.99. The number of hydrogen-bond donors (Lipinski definition) is 2. The summed E-state index contributed by atoms with van der Waals surface area (Å²) in [5, 5.41) is 7.83. The lowest BCUT2D eigenvalue weighted by molar-refractivity contribution is -0.120. The predicted octanol–water partition coefficient (Wildman–Crippen LogP) is 1.96. The van der Waals surface area contributed by atoms with Gasteiger partial charge in [-0.3, -0.25) is 14.6 Å². The largest absolute Gasteiger partial charge is 0.360 e. The number of pyridine rings is 1.